The Labute approximate surface area is 235 Å². The summed E-state index contributed by atoms with van der Waals surface area (Å²) >= 11 is 0. The van der Waals surface area contributed by atoms with Crippen molar-refractivity contribution in [2.75, 3.05) is 13.1 Å². The van der Waals surface area contributed by atoms with E-state index in [1.807, 2.05) is 31.7 Å². The van der Waals surface area contributed by atoms with Crippen molar-refractivity contribution in [3.8, 4) is 11.3 Å². The van der Waals surface area contributed by atoms with Gasteiger partial charge in [-0.05, 0) is 50.8 Å². The number of likely N-dealkylation sites (tertiary alicyclic amines) is 1. The summed E-state index contributed by atoms with van der Waals surface area (Å²) in [6.07, 6.45) is 1.21. The lowest BCUT2D eigenvalue weighted by Gasteiger charge is -2.36. The largest absolute Gasteiger partial charge is 0.416 e. The molecule has 1 N–H and O–H groups in total. The summed E-state index contributed by atoms with van der Waals surface area (Å²) in [6.45, 7) is 8.84. The third kappa shape index (κ3) is 4.42. The normalized spacial score (nSPS) is 21.2. The van der Waals surface area contributed by atoms with Crippen molar-refractivity contribution in [1.29, 1.82) is 0 Å². The summed E-state index contributed by atoms with van der Waals surface area (Å²) in [4.78, 5) is 36.5. The molecule has 2 atom stereocenters. The number of nitrogens with one attached hydrogen (secondary N) is 1. The van der Waals surface area contributed by atoms with E-state index >= 15 is 0 Å². The SMILES string of the molecule is Cc1ncc(C(=O)N2CCCCC3C(=O)c4cn5nc(-c6ccc(C(F)(F)F)cc6)cc(C(C)C)c5[n+]4C3(C)C2)[nH]1. The Balaban J connectivity index is 1.48. The number of aryl methyl sites for hydroxylation is 1. The number of imidazole rings is 2. The molecule has 3 aromatic heterocycles. The maximum atomic E-state index is 13.9. The first-order valence-corrected chi connectivity index (χ1v) is 13.9. The number of aromatic nitrogens is 5. The standard InChI is InChI=1S/C30H31F3N6O2/c1-17(2)21-13-23(19-8-10-20(11-9-19)30(31,32)33)36-38-15-25-26(40)22-7-5-6-12-37(16-29(22,4)39(25)27(21)38)28(41)24-14-34-18(3)35-24/h8-11,13-15,17,22H,5-7,12,16H2,1-4H3/p+1. The van der Waals surface area contributed by atoms with Gasteiger partial charge in [0.05, 0.1) is 24.2 Å². The van der Waals surface area contributed by atoms with Crippen LogP contribution in [0.4, 0.5) is 13.2 Å². The number of Topliss-reactive ketones (excluding diaryl/α,β-unsaturated/α-hetero) is 1. The lowest BCUT2D eigenvalue weighted by Crippen LogP contribution is -2.62. The maximum absolute atomic E-state index is 13.9. The van der Waals surface area contributed by atoms with Crippen LogP contribution in [0.3, 0.4) is 0 Å². The van der Waals surface area contributed by atoms with Gasteiger partial charge < -0.3 is 9.88 Å². The monoisotopic (exact) mass is 565 g/mol. The van der Waals surface area contributed by atoms with Crippen LogP contribution in [0.1, 0.15) is 83.9 Å². The highest BCUT2D eigenvalue weighted by Crippen LogP contribution is 2.39. The second-order valence-electron chi connectivity index (χ2n) is 11.7. The molecule has 214 valence electrons. The van der Waals surface area contributed by atoms with E-state index in [2.05, 4.69) is 14.5 Å². The number of fused-ring (bicyclic) bond motifs is 5. The average Bonchev–Trinajstić information content (AvgIpc) is 3.57. The van der Waals surface area contributed by atoms with Crippen molar-refractivity contribution in [2.24, 2.45) is 5.92 Å². The van der Waals surface area contributed by atoms with Gasteiger partial charge in [0, 0.05) is 17.7 Å². The summed E-state index contributed by atoms with van der Waals surface area (Å²) < 4.78 is 43.2. The zero-order chi connectivity index (χ0) is 29.3. The zero-order valence-corrected chi connectivity index (χ0v) is 23.4. The summed E-state index contributed by atoms with van der Waals surface area (Å²) in [5.74, 6) is 0.264. The van der Waals surface area contributed by atoms with Crippen LogP contribution in [0.2, 0.25) is 0 Å². The first kappa shape index (κ1) is 27.2. The average molecular weight is 566 g/mol. The van der Waals surface area contributed by atoms with Crippen LogP contribution in [0.5, 0.6) is 0 Å². The molecule has 0 radical (unpaired) electrons. The molecule has 0 spiro atoms. The number of rotatable bonds is 3. The van der Waals surface area contributed by atoms with Gasteiger partial charge in [0.25, 0.3) is 5.91 Å². The van der Waals surface area contributed by atoms with Crippen LogP contribution >= 0.6 is 0 Å². The molecule has 5 heterocycles. The number of nitrogens with zero attached hydrogens (tertiary/aromatic N) is 5. The molecule has 41 heavy (non-hydrogen) atoms. The number of alkyl halides is 3. The first-order valence-electron chi connectivity index (χ1n) is 13.9. The van der Waals surface area contributed by atoms with Crippen LogP contribution in [-0.4, -0.2) is 49.3 Å². The summed E-state index contributed by atoms with van der Waals surface area (Å²) in [5.41, 5.74) is 2.26. The Kier molecular flexibility index (Phi) is 6.31. The van der Waals surface area contributed by atoms with Crippen LogP contribution in [0.25, 0.3) is 16.9 Å². The minimum absolute atomic E-state index is 0.0236. The number of H-pyrrole nitrogens is 1. The molecule has 0 bridgehead atoms. The van der Waals surface area contributed by atoms with Crippen LogP contribution < -0.4 is 4.57 Å². The second kappa shape index (κ2) is 9.53. The predicted molar refractivity (Wildman–Crippen MR) is 144 cm³/mol. The molecule has 11 heteroatoms. The molecular weight excluding hydrogens is 533 g/mol. The molecule has 0 aliphatic carbocycles. The molecule has 2 aliphatic rings. The van der Waals surface area contributed by atoms with Gasteiger partial charge in [0.15, 0.2) is 6.20 Å². The van der Waals surface area contributed by atoms with Crippen molar-refractivity contribution in [3.63, 3.8) is 0 Å². The van der Waals surface area contributed by atoms with Crippen molar-refractivity contribution < 1.29 is 27.3 Å². The summed E-state index contributed by atoms with van der Waals surface area (Å²) in [7, 11) is 0. The fraction of sp³-hybridized carbons (Fsp3) is 0.433. The molecule has 1 aromatic carbocycles. The maximum Gasteiger partial charge on any atom is 0.416 e. The molecule has 6 rings (SSSR count). The number of ketones is 1. The molecule has 8 nitrogen and oxygen atoms in total. The van der Waals surface area contributed by atoms with E-state index in [9.17, 15) is 22.8 Å². The number of benzene rings is 1. The van der Waals surface area contributed by atoms with Crippen LogP contribution in [0.15, 0.2) is 42.7 Å². The predicted octanol–water partition coefficient (Wildman–Crippen LogP) is 5.32. The van der Waals surface area contributed by atoms with Crippen molar-refractivity contribution in [3.05, 3.63) is 71.1 Å². The molecule has 4 aromatic rings. The first-order chi connectivity index (χ1) is 19.4. The zero-order valence-electron chi connectivity index (χ0n) is 23.4. The second-order valence-corrected chi connectivity index (χ2v) is 11.7. The van der Waals surface area contributed by atoms with E-state index in [0.717, 1.165) is 42.6 Å². The van der Waals surface area contributed by atoms with E-state index in [1.165, 1.54) is 12.1 Å². The Morgan fingerprint density at radius 1 is 1.20 bits per heavy atom. The summed E-state index contributed by atoms with van der Waals surface area (Å²) in [5, 5.41) is 4.76. The number of carbonyl (C=O) groups excluding carboxylic acids is 2. The molecule has 1 saturated heterocycles. The van der Waals surface area contributed by atoms with Crippen molar-refractivity contribution in [1.82, 2.24) is 24.5 Å². The van der Waals surface area contributed by atoms with Crippen LogP contribution in [-0.2, 0) is 11.7 Å². The highest BCUT2D eigenvalue weighted by Gasteiger charge is 2.57. The summed E-state index contributed by atoms with van der Waals surface area (Å²) in [6, 6.07) is 6.84. The number of hydrogen-bond acceptors (Lipinski definition) is 4. The van der Waals surface area contributed by atoms with Gasteiger partial charge in [-0.1, -0.05) is 42.0 Å². The Morgan fingerprint density at radius 3 is 2.56 bits per heavy atom. The smallest absolute Gasteiger partial charge is 0.338 e. The van der Waals surface area contributed by atoms with Gasteiger partial charge in [0.1, 0.15) is 22.8 Å². The highest BCUT2D eigenvalue weighted by molar-refractivity contribution is 5.97. The molecular formula is C30H32F3N6O2+. The Bertz CT molecular complexity index is 1670. The topological polar surface area (TPSA) is 87.2 Å². The van der Waals surface area contributed by atoms with Gasteiger partial charge in [-0.2, -0.15) is 13.2 Å². The highest BCUT2D eigenvalue weighted by atomic mass is 19.4. The van der Waals surface area contributed by atoms with Gasteiger partial charge in [-0.15, -0.1) is 0 Å². The fourth-order valence-corrected chi connectivity index (χ4v) is 6.46. The molecule has 2 unspecified atom stereocenters. The molecule has 1 amide bonds. The van der Waals surface area contributed by atoms with E-state index in [1.54, 1.807) is 23.8 Å². The minimum atomic E-state index is -4.42. The number of carbonyl (C=O) groups is 2. The fourth-order valence-electron chi connectivity index (χ4n) is 6.46. The van der Waals surface area contributed by atoms with Gasteiger partial charge in [0.2, 0.25) is 11.5 Å². The number of hydrogen-bond donors (Lipinski definition) is 1. The molecule has 2 aliphatic heterocycles. The lowest BCUT2D eigenvalue weighted by molar-refractivity contribution is -0.735. The third-order valence-electron chi connectivity index (χ3n) is 8.54. The van der Waals surface area contributed by atoms with E-state index in [4.69, 9.17) is 5.10 Å². The van der Waals surface area contributed by atoms with E-state index in [-0.39, 0.29) is 23.5 Å². The van der Waals surface area contributed by atoms with E-state index in [0.29, 0.717) is 41.6 Å². The van der Waals surface area contributed by atoms with Crippen molar-refractivity contribution in [2.45, 2.75) is 64.6 Å². The lowest BCUT2D eigenvalue weighted by atomic mass is 9.80. The minimum Gasteiger partial charge on any atom is -0.338 e. The Morgan fingerprint density at radius 2 is 1.93 bits per heavy atom. The van der Waals surface area contributed by atoms with Crippen molar-refractivity contribution >= 4 is 17.3 Å². The number of amides is 1. The molecule has 0 saturated carbocycles. The van der Waals surface area contributed by atoms with Crippen LogP contribution in [0, 0.1) is 12.8 Å². The Hall–Kier alpha value is -4.02. The van der Waals surface area contributed by atoms with Gasteiger partial charge in [-0.3, -0.25) is 9.59 Å². The van der Waals surface area contributed by atoms with Gasteiger partial charge in [-0.25, -0.2) is 9.55 Å². The quantitative estimate of drug-likeness (QED) is 0.341. The van der Waals surface area contributed by atoms with Gasteiger partial charge >= 0.3 is 11.8 Å². The number of halogens is 3. The molecule has 1 fully saturated rings. The third-order valence-corrected chi connectivity index (χ3v) is 8.54. The van der Waals surface area contributed by atoms with E-state index < -0.39 is 17.3 Å². The number of aromatic amines is 1.